The summed E-state index contributed by atoms with van der Waals surface area (Å²) in [5.41, 5.74) is 4.40. The Bertz CT molecular complexity index is 1580. The minimum absolute atomic E-state index is 0.347. The third kappa shape index (κ3) is 4.25. The highest BCUT2D eigenvalue weighted by atomic mass is 19.1. The van der Waals surface area contributed by atoms with Crippen LogP contribution in [0.3, 0.4) is 0 Å². The Morgan fingerprint density at radius 3 is 2.47 bits per heavy atom. The fourth-order valence-electron chi connectivity index (χ4n) is 4.23. The molecule has 0 unspecified atom stereocenters. The Kier molecular flexibility index (Phi) is 6.09. The van der Waals surface area contributed by atoms with Crippen molar-refractivity contribution in [2.24, 2.45) is 7.05 Å². The molecule has 9 heteroatoms. The molecule has 0 aliphatic carbocycles. The van der Waals surface area contributed by atoms with Crippen LogP contribution in [0.2, 0.25) is 0 Å². The molecule has 3 heterocycles. The number of rotatable bonds is 7. The maximum Gasteiger partial charge on any atom is 0.147 e. The molecule has 5 rings (SSSR count). The number of nitrogens with zero attached hydrogens (tertiary/aromatic N) is 6. The van der Waals surface area contributed by atoms with Crippen LogP contribution in [0.25, 0.3) is 33.4 Å². The molecule has 1 N–H and O–H groups in total. The Hall–Kier alpha value is -4.71. The summed E-state index contributed by atoms with van der Waals surface area (Å²) in [6.07, 6.45) is 3.51. The molecule has 0 spiro atoms. The molecule has 8 nitrogen and oxygen atoms in total. The van der Waals surface area contributed by atoms with Crippen molar-refractivity contribution in [1.29, 1.82) is 5.26 Å². The van der Waals surface area contributed by atoms with E-state index in [4.69, 9.17) is 4.74 Å². The summed E-state index contributed by atoms with van der Waals surface area (Å²) in [4.78, 5) is 13.3. The normalized spacial score (nSPS) is 11.0. The molecular formula is C27H24FN7O. The summed E-state index contributed by atoms with van der Waals surface area (Å²) in [7, 11) is 3.50. The van der Waals surface area contributed by atoms with Gasteiger partial charge in [0.15, 0.2) is 0 Å². The van der Waals surface area contributed by atoms with Crippen LogP contribution in [0.15, 0.2) is 61.1 Å². The highest BCUT2D eigenvalue weighted by Gasteiger charge is 2.16. The lowest BCUT2D eigenvalue weighted by Crippen LogP contribution is -2.13. The van der Waals surface area contributed by atoms with E-state index >= 15 is 0 Å². The van der Waals surface area contributed by atoms with Gasteiger partial charge in [0.2, 0.25) is 0 Å². The van der Waals surface area contributed by atoms with Crippen LogP contribution < -0.4 is 10.1 Å². The predicted molar refractivity (Wildman–Crippen MR) is 136 cm³/mol. The molecule has 0 radical (unpaired) electrons. The summed E-state index contributed by atoms with van der Waals surface area (Å²) < 4.78 is 23.6. The summed E-state index contributed by atoms with van der Waals surface area (Å²) >= 11 is 0. The first-order valence-corrected chi connectivity index (χ1v) is 11.4. The molecule has 5 aromatic rings. The molecular weight excluding hydrogens is 457 g/mol. The molecule has 0 saturated heterocycles. The van der Waals surface area contributed by atoms with Crippen molar-refractivity contribution < 1.29 is 9.13 Å². The van der Waals surface area contributed by atoms with Gasteiger partial charge in [0.05, 0.1) is 24.0 Å². The predicted octanol–water partition coefficient (Wildman–Crippen LogP) is 4.94. The fourth-order valence-corrected chi connectivity index (χ4v) is 4.23. The molecule has 0 fully saturated rings. The van der Waals surface area contributed by atoms with Gasteiger partial charge < -0.3 is 19.2 Å². The Balaban J connectivity index is 1.32. The third-order valence-electron chi connectivity index (χ3n) is 6.20. The van der Waals surface area contributed by atoms with Crippen molar-refractivity contribution in [1.82, 2.24) is 24.1 Å². The van der Waals surface area contributed by atoms with Gasteiger partial charge in [-0.1, -0.05) is 24.3 Å². The number of ether oxygens (including phenoxy) is 1. The van der Waals surface area contributed by atoms with Crippen molar-refractivity contribution in [3.8, 4) is 34.3 Å². The van der Waals surface area contributed by atoms with Crippen molar-refractivity contribution in [2.75, 3.05) is 19.0 Å². The zero-order chi connectivity index (χ0) is 25.2. The van der Waals surface area contributed by atoms with Gasteiger partial charge in [0.1, 0.15) is 41.3 Å². The zero-order valence-electron chi connectivity index (χ0n) is 20.2. The van der Waals surface area contributed by atoms with Crippen molar-refractivity contribution in [2.45, 2.75) is 13.5 Å². The Morgan fingerprint density at radius 2 is 1.81 bits per heavy atom. The number of aromatic nitrogens is 5. The number of imidazole rings is 1. The first-order valence-electron chi connectivity index (χ1n) is 11.4. The summed E-state index contributed by atoms with van der Waals surface area (Å²) in [5, 5.41) is 13.4. The number of nitrogens with one attached hydrogen (secondary N) is 1. The van der Waals surface area contributed by atoms with Crippen molar-refractivity contribution in [3.63, 3.8) is 0 Å². The monoisotopic (exact) mass is 481 g/mol. The smallest absolute Gasteiger partial charge is 0.147 e. The first-order chi connectivity index (χ1) is 17.5. The van der Waals surface area contributed by atoms with Gasteiger partial charge in [0, 0.05) is 48.9 Å². The molecule has 2 aromatic carbocycles. The SMILES string of the molecule is COc1ccc(F)c2c1cc(C#N)n2CCNc1cc(-c2ccc(-c3cn(C)c(C)n3)cc2)ncn1. The molecule has 0 aliphatic heterocycles. The number of hydrogen-bond acceptors (Lipinski definition) is 6. The molecule has 0 saturated carbocycles. The molecule has 36 heavy (non-hydrogen) atoms. The number of fused-ring (bicyclic) bond motifs is 1. The molecule has 0 amide bonds. The average molecular weight is 482 g/mol. The van der Waals surface area contributed by atoms with E-state index in [1.807, 2.05) is 55.1 Å². The second-order valence-electron chi connectivity index (χ2n) is 8.38. The minimum atomic E-state index is -0.402. The van der Waals surface area contributed by atoms with Crippen molar-refractivity contribution in [3.05, 3.63) is 78.4 Å². The molecule has 180 valence electrons. The molecule has 0 atom stereocenters. The van der Waals surface area contributed by atoms with Gasteiger partial charge in [-0.15, -0.1) is 0 Å². The van der Waals surface area contributed by atoms with Crippen molar-refractivity contribution >= 4 is 16.7 Å². The van der Waals surface area contributed by atoms with E-state index in [1.165, 1.54) is 19.5 Å². The van der Waals surface area contributed by atoms with Gasteiger partial charge in [-0.3, -0.25) is 0 Å². The quantitative estimate of drug-likeness (QED) is 0.354. The maximum absolute atomic E-state index is 14.6. The number of nitriles is 1. The highest BCUT2D eigenvalue weighted by Crippen LogP contribution is 2.31. The number of halogens is 1. The van der Waals surface area contributed by atoms with E-state index in [0.717, 1.165) is 28.3 Å². The largest absolute Gasteiger partial charge is 0.496 e. The highest BCUT2D eigenvalue weighted by molar-refractivity contribution is 5.88. The molecule has 3 aromatic heterocycles. The number of methoxy groups -OCH3 is 1. The van der Waals surface area contributed by atoms with Crippen LogP contribution in [0, 0.1) is 24.1 Å². The lowest BCUT2D eigenvalue weighted by molar-refractivity contribution is 0.419. The molecule has 0 bridgehead atoms. The topological polar surface area (TPSA) is 93.6 Å². The second-order valence-corrected chi connectivity index (χ2v) is 8.38. The standard InChI is InChI=1S/C27H24FN7O/c1-17-33-24(15-34(17)2)19-6-4-18(5-7-19)23-13-26(32-16-31-23)30-10-11-35-20(14-29)12-21-25(36-3)9-8-22(28)27(21)35/h4-9,12-13,15-16H,10-11H2,1-3H3,(H,30,31,32). The van der Waals surface area contributed by atoms with Gasteiger partial charge in [0.25, 0.3) is 0 Å². The summed E-state index contributed by atoms with van der Waals surface area (Å²) in [5.74, 6) is 1.72. The van der Waals surface area contributed by atoms with E-state index in [1.54, 1.807) is 16.7 Å². The maximum atomic E-state index is 14.6. The number of hydrogen-bond donors (Lipinski definition) is 1. The van der Waals surface area contributed by atoms with Crippen LogP contribution in [-0.4, -0.2) is 37.7 Å². The van der Waals surface area contributed by atoms with E-state index in [-0.39, 0.29) is 0 Å². The zero-order valence-corrected chi connectivity index (χ0v) is 20.2. The Morgan fingerprint density at radius 1 is 1.06 bits per heavy atom. The Labute approximate surface area is 207 Å². The fraction of sp³-hybridized carbons (Fsp3) is 0.185. The lowest BCUT2D eigenvalue weighted by Gasteiger charge is -2.11. The van der Waals surface area contributed by atoms with Gasteiger partial charge in [-0.05, 0) is 25.1 Å². The number of aryl methyl sites for hydroxylation is 2. The number of benzene rings is 2. The first kappa shape index (κ1) is 23.1. The van der Waals surface area contributed by atoms with Gasteiger partial charge in [-0.25, -0.2) is 19.3 Å². The number of anilines is 1. The van der Waals surface area contributed by atoms with Crippen LogP contribution in [-0.2, 0) is 13.6 Å². The van der Waals surface area contributed by atoms with Crippen LogP contribution in [0.1, 0.15) is 11.5 Å². The van der Waals surface area contributed by atoms with Crippen LogP contribution in [0.4, 0.5) is 10.2 Å². The second kappa shape index (κ2) is 9.50. The van der Waals surface area contributed by atoms with Gasteiger partial charge in [-0.2, -0.15) is 5.26 Å². The molecule has 0 aliphatic rings. The van der Waals surface area contributed by atoms with Crippen LogP contribution >= 0.6 is 0 Å². The van der Waals surface area contributed by atoms with Crippen LogP contribution in [0.5, 0.6) is 5.75 Å². The lowest BCUT2D eigenvalue weighted by atomic mass is 10.1. The van der Waals surface area contributed by atoms with E-state index in [0.29, 0.717) is 41.3 Å². The van der Waals surface area contributed by atoms with E-state index in [9.17, 15) is 9.65 Å². The summed E-state index contributed by atoms with van der Waals surface area (Å²) in [6.45, 7) is 2.78. The summed E-state index contributed by atoms with van der Waals surface area (Å²) in [6, 6.07) is 16.6. The van der Waals surface area contributed by atoms with E-state index in [2.05, 4.69) is 26.3 Å². The minimum Gasteiger partial charge on any atom is -0.496 e. The van der Waals surface area contributed by atoms with Gasteiger partial charge >= 0.3 is 0 Å². The third-order valence-corrected chi connectivity index (χ3v) is 6.20. The average Bonchev–Trinajstić information content (AvgIpc) is 3.44. The van der Waals surface area contributed by atoms with E-state index < -0.39 is 5.82 Å².